The lowest BCUT2D eigenvalue weighted by atomic mass is 9.99. The highest BCUT2D eigenvalue weighted by Crippen LogP contribution is 2.30. The van der Waals surface area contributed by atoms with Gasteiger partial charge < -0.3 is 49.6 Å². The first-order valence-electron chi connectivity index (χ1n) is 9.42. The van der Waals surface area contributed by atoms with Gasteiger partial charge in [0.1, 0.15) is 30.5 Å². The molecular formula is C19H30O10. The molecule has 10 heteroatoms. The van der Waals surface area contributed by atoms with E-state index in [-0.39, 0.29) is 13.2 Å². The fraction of sp³-hybridized carbons (Fsp3) is 0.684. The minimum Gasteiger partial charge on any atom is -0.493 e. The van der Waals surface area contributed by atoms with E-state index in [0.717, 1.165) is 5.56 Å². The average Bonchev–Trinajstić information content (AvgIpc) is 2.75. The smallest absolute Gasteiger partial charge is 0.186 e. The maximum atomic E-state index is 10.00. The number of aliphatic hydroxyl groups excluding tert-OH is 6. The SMILES string of the molecule is COc1cc(CCCO)ccc1O[C@@H](CO)CO[C@@H]1O[C@H](CO)[C@@H](O)[C@H](O)[C@H]1O. The molecule has 0 unspecified atom stereocenters. The third kappa shape index (κ3) is 6.24. The van der Waals surface area contributed by atoms with Crippen LogP contribution in [0.1, 0.15) is 12.0 Å². The van der Waals surface area contributed by atoms with Crippen LogP contribution in [0.5, 0.6) is 11.5 Å². The zero-order valence-corrected chi connectivity index (χ0v) is 16.3. The Morgan fingerprint density at radius 2 is 1.79 bits per heavy atom. The van der Waals surface area contributed by atoms with Crippen molar-refractivity contribution < 1.29 is 49.6 Å². The molecule has 0 radical (unpaired) electrons. The van der Waals surface area contributed by atoms with Gasteiger partial charge in [-0.2, -0.15) is 0 Å². The molecule has 0 saturated carbocycles. The quantitative estimate of drug-likeness (QED) is 0.242. The van der Waals surface area contributed by atoms with Gasteiger partial charge in [0.25, 0.3) is 0 Å². The molecular weight excluding hydrogens is 388 g/mol. The Hall–Kier alpha value is -1.50. The predicted molar refractivity (Wildman–Crippen MR) is 99.6 cm³/mol. The number of aryl methyl sites for hydroxylation is 1. The van der Waals surface area contributed by atoms with E-state index in [9.17, 15) is 25.5 Å². The standard InChI is InChI=1S/C19H30O10/c1-26-14-7-11(3-2-6-20)4-5-13(14)28-12(8-21)10-27-19-18(25)17(24)16(23)15(9-22)29-19/h4-5,7,12,15-25H,2-3,6,8-10H2,1H3/t12-,15+,16+,17-,18+,19+/m0/s1. The van der Waals surface area contributed by atoms with Crippen molar-refractivity contribution in [3.63, 3.8) is 0 Å². The highest BCUT2D eigenvalue weighted by molar-refractivity contribution is 5.43. The van der Waals surface area contributed by atoms with Gasteiger partial charge in [-0.1, -0.05) is 6.07 Å². The normalized spacial score (nSPS) is 28.2. The maximum Gasteiger partial charge on any atom is 0.186 e. The Morgan fingerprint density at radius 3 is 2.41 bits per heavy atom. The maximum absolute atomic E-state index is 10.00. The van der Waals surface area contributed by atoms with Gasteiger partial charge in [-0.25, -0.2) is 0 Å². The van der Waals surface area contributed by atoms with Gasteiger partial charge in [-0.15, -0.1) is 0 Å². The van der Waals surface area contributed by atoms with E-state index in [1.807, 2.05) is 6.07 Å². The van der Waals surface area contributed by atoms with Gasteiger partial charge in [0.2, 0.25) is 0 Å². The summed E-state index contributed by atoms with van der Waals surface area (Å²) < 4.78 is 21.7. The van der Waals surface area contributed by atoms with Crippen LogP contribution < -0.4 is 9.47 Å². The topological polar surface area (TPSA) is 158 Å². The molecule has 0 aliphatic carbocycles. The Morgan fingerprint density at radius 1 is 1.03 bits per heavy atom. The molecule has 6 N–H and O–H groups in total. The van der Waals surface area contributed by atoms with Gasteiger partial charge in [-0.05, 0) is 30.5 Å². The van der Waals surface area contributed by atoms with Gasteiger partial charge in [-0.3, -0.25) is 0 Å². The van der Waals surface area contributed by atoms with Crippen molar-refractivity contribution in [2.75, 3.05) is 33.5 Å². The van der Waals surface area contributed by atoms with Crippen LogP contribution in [0.3, 0.4) is 0 Å². The predicted octanol–water partition coefficient (Wildman–Crippen LogP) is -1.82. The molecule has 1 aromatic carbocycles. The summed E-state index contributed by atoms with van der Waals surface area (Å²) in [5.74, 6) is 0.823. The number of aliphatic hydroxyl groups is 6. The number of methoxy groups -OCH3 is 1. The molecule has 166 valence electrons. The third-order valence-corrected chi connectivity index (χ3v) is 4.64. The van der Waals surface area contributed by atoms with Crippen molar-refractivity contribution in [3.8, 4) is 11.5 Å². The summed E-state index contributed by atoms with van der Waals surface area (Å²) in [5.41, 5.74) is 0.960. The van der Waals surface area contributed by atoms with Gasteiger partial charge in [0.05, 0.1) is 26.9 Å². The molecule has 6 atom stereocenters. The summed E-state index contributed by atoms with van der Waals surface area (Å²) >= 11 is 0. The Kier molecular flexibility index (Phi) is 9.53. The molecule has 0 spiro atoms. The Bertz CT molecular complexity index is 611. The first-order valence-corrected chi connectivity index (χ1v) is 9.42. The van der Waals surface area contributed by atoms with Crippen LogP contribution in [0.15, 0.2) is 18.2 Å². The highest BCUT2D eigenvalue weighted by atomic mass is 16.7. The fourth-order valence-corrected chi connectivity index (χ4v) is 2.96. The number of ether oxygens (including phenoxy) is 4. The summed E-state index contributed by atoms with van der Waals surface area (Å²) in [6.07, 6.45) is -6.50. The van der Waals surface area contributed by atoms with E-state index in [0.29, 0.717) is 24.3 Å². The molecule has 0 aromatic heterocycles. The lowest BCUT2D eigenvalue weighted by Gasteiger charge is -2.39. The summed E-state index contributed by atoms with van der Waals surface area (Å²) in [5, 5.41) is 57.3. The largest absolute Gasteiger partial charge is 0.493 e. The molecule has 1 saturated heterocycles. The van der Waals surface area contributed by atoms with Crippen molar-refractivity contribution in [2.24, 2.45) is 0 Å². The van der Waals surface area contributed by atoms with Crippen molar-refractivity contribution in [1.29, 1.82) is 0 Å². The molecule has 2 rings (SSSR count). The average molecular weight is 418 g/mol. The van der Waals surface area contributed by atoms with E-state index in [2.05, 4.69) is 0 Å². The van der Waals surface area contributed by atoms with Crippen LogP contribution in [0.2, 0.25) is 0 Å². The van der Waals surface area contributed by atoms with Crippen LogP contribution in [0.4, 0.5) is 0 Å². The van der Waals surface area contributed by atoms with Gasteiger partial charge >= 0.3 is 0 Å². The van der Waals surface area contributed by atoms with Crippen LogP contribution in [0.25, 0.3) is 0 Å². The summed E-state index contributed by atoms with van der Waals surface area (Å²) in [7, 11) is 1.48. The highest BCUT2D eigenvalue weighted by Gasteiger charge is 2.44. The number of hydrogen-bond acceptors (Lipinski definition) is 10. The fourth-order valence-electron chi connectivity index (χ4n) is 2.96. The van der Waals surface area contributed by atoms with Crippen LogP contribution in [-0.2, 0) is 15.9 Å². The minimum atomic E-state index is -1.55. The van der Waals surface area contributed by atoms with Crippen molar-refractivity contribution in [2.45, 2.75) is 49.7 Å². The minimum absolute atomic E-state index is 0.0858. The number of benzene rings is 1. The second-order valence-electron chi connectivity index (χ2n) is 6.77. The van der Waals surface area contributed by atoms with E-state index in [1.165, 1.54) is 7.11 Å². The van der Waals surface area contributed by atoms with Crippen molar-refractivity contribution in [1.82, 2.24) is 0 Å². The molecule has 0 bridgehead atoms. The van der Waals surface area contributed by atoms with Crippen LogP contribution in [-0.4, -0.2) is 101 Å². The lowest BCUT2D eigenvalue weighted by Crippen LogP contribution is -2.59. The van der Waals surface area contributed by atoms with Gasteiger partial charge in [0.15, 0.2) is 17.8 Å². The zero-order chi connectivity index (χ0) is 21.4. The molecule has 10 nitrogen and oxygen atoms in total. The molecule has 1 heterocycles. The molecule has 1 fully saturated rings. The summed E-state index contributed by atoms with van der Waals surface area (Å²) in [6, 6.07) is 5.28. The van der Waals surface area contributed by atoms with Crippen molar-refractivity contribution >= 4 is 0 Å². The second-order valence-corrected chi connectivity index (χ2v) is 6.77. The molecule has 1 aliphatic heterocycles. The Labute approximate surface area is 168 Å². The van der Waals surface area contributed by atoms with Crippen LogP contribution >= 0.6 is 0 Å². The van der Waals surface area contributed by atoms with Gasteiger partial charge in [0, 0.05) is 6.61 Å². The lowest BCUT2D eigenvalue weighted by molar-refractivity contribution is -0.304. The van der Waals surface area contributed by atoms with Crippen molar-refractivity contribution in [3.05, 3.63) is 23.8 Å². The number of hydrogen-bond donors (Lipinski definition) is 6. The first-order chi connectivity index (χ1) is 13.9. The van der Waals surface area contributed by atoms with E-state index in [1.54, 1.807) is 12.1 Å². The van der Waals surface area contributed by atoms with E-state index < -0.39 is 50.0 Å². The Balaban J connectivity index is 1.98. The molecule has 0 amide bonds. The van der Waals surface area contributed by atoms with Crippen LogP contribution in [0, 0.1) is 0 Å². The number of rotatable bonds is 11. The summed E-state index contributed by atoms with van der Waals surface area (Å²) in [6.45, 7) is -1.09. The monoisotopic (exact) mass is 418 g/mol. The second kappa shape index (κ2) is 11.6. The summed E-state index contributed by atoms with van der Waals surface area (Å²) in [4.78, 5) is 0. The molecule has 29 heavy (non-hydrogen) atoms. The molecule has 1 aliphatic rings. The molecule has 1 aromatic rings. The van der Waals surface area contributed by atoms with E-state index in [4.69, 9.17) is 24.1 Å². The third-order valence-electron chi connectivity index (χ3n) is 4.64. The van der Waals surface area contributed by atoms with E-state index >= 15 is 0 Å². The zero-order valence-electron chi connectivity index (χ0n) is 16.3. The first kappa shape index (κ1) is 23.8.